The van der Waals surface area contributed by atoms with E-state index in [9.17, 15) is 0 Å². The first-order chi connectivity index (χ1) is 25.4. The molecule has 8 aromatic rings. The maximum absolute atomic E-state index is 6.41. The van der Waals surface area contributed by atoms with Crippen LogP contribution in [0.1, 0.15) is 34.0 Å². The number of allylic oxidation sites excluding steroid dienone is 2. The van der Waals surface area contributed by atoms with Crippen LogP contribution < -0.4 is 0 Å². The summed E-state index contributed by atoms with van der Waals surface area (Å²) in [5.41, 5.74) is 10.7. The number of aromatic nitrogens is 6. The molecule has 0 fully saturated rings. The van der Waals surface area contributed by atoms with Crippen molar-refractivity contribution >= 4 is 45.7 Å². The Kier molecular flexibility index (Phi) is 9.31. The van der Waals surface area contributed by atoms with Crippen molar-refractivity contribution in [3.05, 3.63) is 132 Å². The van der Waals surface area contributed by atoms with Gasteiger partial charge < -0.3 is 17.7 Å². The Balaban J connectivity index is 1.07. The summed E-state index contributed by atoms with van der Waals surface area (Å²) in [6.07, 6.45) is 5.00. The third-order valence-electron chi connectivity index (χ3n) is 8.23. The smallest absolute Gasteiger partial charge is 0.257 e. The van der Waals surface area contributed by atoms with E-state index in [1.807, 2.05) is 86.7 Å². The molecule has 4 aromatic carbocycles. The molecule has 12 heteroatoms. The summed E-state index contributed by atoms with van der Waals surface area (Å²) >= 11 is 2.80. The molecule has 0 atom stereocenters. The van der Waals surface area contributed by atoms with E-state index < -0.39 is 0 Å². The van der Waals surface area contributed by atoms with Gasteiger partial charge in [0.1, 0.15) is 11.0 Å². The van der Waals surface area contributed by atoms with Gasteiger partial charge in [0.05, 0.1) is 11.5 Å². The molecule has 0 radical (unpaired) electrons. The van der Waals surface area contributed by atoms with Crippen LogP contribution in [0, 0.1) is 13.8 Å². The van der Waals surface area contributed by atoms with Crippen LogP contribution in [0.4, 0.5) is 0 Å². The Morgan fingerprint density at radius 2 is 1.17 bits per heavy atom. The van der Waals surface area contributed by atoms with Crippen molar-refractivity contribution in [1.29, 1.82) is 0 Å². The minimum atomic E-state index is 0.409. The molecule has 0 unspecified atom stereocenters. The molecule has 258 valence electrons. The van der Waals surface area contributed by atoms with Crippen LogP contribution in [0.5, 0.6) is 0 Å². The molecule has 52 heavy (non-hydrogen) atoms. The normalized spacial score (nSPS) is 11.5. The number of benzene rings is 4. The molecule has 0 aliphatic rings. The topological polar surface area (TPSA) is 130 Å². The van der Waals surface area contributed by atoms with Gasteiger partial charge in [0.2, 0.25) is 23.6 Å². The molecule has 0 saturated carbocycles. The van der Waals surface area contributed by atoms with E-state index in [0.717, 1.165) is 55.5 Å². The van der Waals surface area contributed by atoms with Crippen LogP contribution in [0.25, 0.3) is 56.2 Å². The van der Waals surface area contributed by atoms with Crippen molar-refractivity contribution in [3.8, 4) is 34.0 Å². The van der Waals surface area contributed by atoms with Gasteiger partial charge in [0.25, 0.3) is 10.4 Å². The highest BCUT2D eigenvalue weighted by Gasteiger charge is 2.20. The van der Waals surface area contributed by atoms with E-state index >= 15 is 0 Å². The molecule has 4 aromatic heterocycles. The fraction of sp³-hybridized carbons (Fsp3) is 0.150. The quantitative estimate of drug-likeness (QED) is 0.0828. The molecule has 0 aliphatic carbocycles. The van der Waals surface area contributed by atoms with Gasteiger partial charge in [-0.2, -0.15) is 0 Å². The van der Waals surface area contributed by atoms with Gasteiger partial charge in [-0.3, -0.25) is 0 Å². The van der Waals surface area contributed by atoms with Gasteiger partial charge in [-0.15, -0.1) is 33.6 Å². The van der Waals surface area contributed by atoms with Gasteiger partial charge in [-0.05, 0) is 86.3 Å². The summed E-state index contributed by atoms with van der Waals surface area (Å²) in [6.45, 7) is 12.0. The van der Waals surface area contributed by atoms with E-state index in [0.29, 0.717) is 69.5 Å². The highest BCUT2D eigenvalue weighted by Crippen LogP contribution is 2.38. The highest BCUT2D eigenvalue weighted by atomic mass is 32.2. The second-order valence-electron chi connectivity index (χ2n) is 12.2. The third kappa shape index (κ3) is 7.07. The van der Waals surface area contributed by atoms with Crippen molar-refractivity contribution in [2.24, 2.45) is 0 Å². The van der Waals surface area contributed by atoms with Gasteiger partial charge in [-0.25, -0.2) is 9.97 Å². The number of hydrogen-bond donors (Lipinski definition) is 0. The SMILES string of the molecule is C=CCc1cc(-c2cc(CC=C)c3oc(SCc4nnc(-c5cccc(C)c5)o4)nc3c2)c2oc(SCc3nnc(-c4cccc(C)c4)o3)nc2c1. The van der Waals surface area contributed by atoms with E-state index in [1.165, 1.54) is 23.5 Å². The average Bonchev–Trinajstić information content (AvgIpc) is 3.96. The molecule has 0 amide bonds. The van der Waals surface area contributed by atoms with Crippen LogP contribution in [-0.4, -0.2) is 30.4 Å². The van der Waals surface area contributed by atoms with Gasteiger partial charge in [0, 0.05) is 22.3 Å². The molecular weight excluding hydrogens is 693 g/mol. The number of aryl methyl sites for hydroxylation is 2. The van der Waals surface area contributed by atoms with Crippen molar-refractivity contribution in [3.63, 3.8) is 0 Å². The maximum atomic E-state index is 6.41. The zero-order chi connectivity index (χ0) is 35.6. The van der Waals surface area contributed by atoms with Crippen molar-refractivity contribution in [1.82, 2.24) is 30.4 Å². The fourth-order valence-corrected chi connectivity index (χ4v) is 7.24. The Morgan fingerprint density at radius 1 is 0.596 bits per heavy atom. The standard InChI is InChI=1S/C40H32N6O4S2/c1-5-9-25-17-30(36-31(18-25)41-40(50-36)52-22-34-44-46-38(48-34)28-14-8-12-24(4)16-28)29-19-26(10-6-2)35-32(20-29)42-39(49-35)51-21-33-43-45-37(47-33)27-13-7-11-23(3)15-27/h5-8,11-20H,1-2,9-10,21-22H2,3-4H3. The minimum Gasteiger partial charge on any atom is -0.431 e. The monoisotopic (exact) mass is 724 g/mol. The predicted octanol–water partition coefficient (Wildman–Crippen LogP) is 10.4. The maximum Gasteiger partial charge on any atom is 0.257 e. The van der Waals surface area contributed by atoms with Gasteiger partial charge in [-0.1, -0.05) is 71.1 Å². The number of rotatable bonds is 13. The third-order valence-corrected chi connectivity index (χ3v) is 9.86. The summed E-state index contributed by atoms with van der Waals surface area (Å²) in [7, 11) is 0. The van der Waals surface area contributed by atoms with E-state index in [2.05, 4.69) is 45.7 Å². The second kappa shape index (κ2) is 14.5. The molecule has 10 nitrogen and oxygen atoms in total. The van der Waals surface area contributed by atoms with Crippen molar-refractivity contribution in [2.75, 3.05) is 0 Å². The van der Waals surface area contributed by atoms with E-state index in [1.54, 1.807) is 0 Å². The van der Waals surface area contributed by atoms with E-state index in [4.69, 9.17) is 27.6 Å². The predicted molar refractivity (Wildman–Crippen MR) is 203 cm³/mol. The van der Waals surface area contributed by atoms with Crippen LogP contribution in [0.3, 0.4) is 0 Å². The van der Waals surface area contributed by atoms with E-state index in [-0.39, 0.29) is 0 Å². The number of nitrogens with zero attached hydrogens (tertiary/aromatic N) is 6. The van der Waals surface area contributed by atoms with Gasteiger partial charge in [0.15, 0.2) is 11.2 Å². The summed E-state index contributed by atoms with van der Waals surface area (Å²) in [5, 5.41) is 18.0. The Bertz CT molecular complexity index is 2580. The molecule has 0 bridgehead atoms. The molecule has 4 heterocycles. The number of oxazole rings is 2. The van der Waals surface area contributed by atoms with Crippen LogP contribution in [0.15, 0.2) is 126 Å². The lowest BCUT2D eigenvalue weighted by Crippen LogP contribution is -1.89. The largest absolute Gasteiger partial charge is 0.431 e. The first-order valence-electron chi connectivity index (χ1n) is 16.6. The molecule has 0 aliphatic heterocycles. The van der Waals surface area contributed by atoms with Crippen LogP contribution in [-0.2, 0) is 24.3 Å². The first kappa shape index (κ1) is 33.4. The molecular formula is C40H32N6O4S2. The van der Waals surface area contributed by atoms with Gasteiger partial charge >= 0.3 is 0 Å². The summed E-state index contributed by atoms with van der Waals surface area (Å²) < 4.78 is 24.6. The summed E-state index contributed by atoms with van der Waals surface area (Å²) in [6, 6.07) is 24.2. The molecule has 8 rings (SSSR count). The minimum absolute atomic E-state index is 0.409. The van der Waals surface area contributed by atoms with Crippen molar-refractivity contribution < 1.29 is 17.7 Å². The second-order valence-corrected chi connectivity index (χ2v) is 14.1. The zero-order valence-electron chi connectivity index (χ0n) is 28.5. The lowest BCUT2D eigenvalue weighted by Gasteiger charge is -2.08. The number of thioether (sulfide) groups is 2. The lowest BCUT2D eigenvalue weighted by molar-refractivity contribution is 0.484. The zero-order valence-corrected chi connectivity index (χ0v) is 30.1. The fourth-order valence-electron chi connectivity index (χ4n) is 5.90. The molecule has 0 spiro atoms. The lowest BCUT2D eigenvalue weighted by atomic mass is 9.97. The van der Waals surface area contributed by atoms with Crippen LogP contribution >= 0.6 is 23.5 Å². The Labute approximate surface area is 307 Å². The summed E-state index contributed by atoms with van der Waals surface area (Å²) in [5.74, 6) is 2.76. The molecule has 0 N–H and O–H groups in total. The number of fused-ring (bicyclic) bond motifs is 2. The van der Waals surface area contributed by atoms with Crippen LogP contribution in [0.2, 0.25) is 0 Å². The Morgan fingerprint density at radius 3 is 1.75 bits per heavy atom. The summed E-state index contributed by atoms with van der Waals surface area (Å²) in [4.78, 5) is 9.69. The highest BCUT2D eigenvalue weighted by molar-refractivity contribution is 7.98. The van der Waals surface area contributed by atoms with Crippen molar-refractivity contribution in [2.45, 2.75) is 48.6 Å². The Hall–Kier alpha value is -5.72. The first-order valence-corrected chi connectivity index (χ1v) is 18.5. The molecule has 0 saturated heterocycles. The average molecular weight is 725 g/mol. The number of hydrogen-bond acceptors (Lipinski definition) is 12.